The van der Waals surface area contributed by atoms with Gasteiger partial charge in [-0.15, -0.1) is 0 Å². The maximum atomic E-state index is 11.3. The zero-order valence-corrected chi connectivity index (χ0v) is 9.27. The summed E-state index contributed by atoms with van der Waals surface area (Å²) in [6.07, 6.45) is 2.69. The summed E-state index contributed by atoms with van der Waals surface area (Å²) in [5, 5.41) is 12.6. The monoisotopic (exact) mass is 215 g/mol. The first-order valence-electron chi connectivity index (χ1n) is 5.23. The molecule has 2 aliphatic rings. The quantitative estimate of drug-likeness (QED) is 0.746. The molecule has 3 nitrogen and oxygen atoms in total. The van der Waals surface area contributed by atoms with E-state index in [-0.39, 0.29) is 0 Å². The lowest BCUT2D eigenvalue weighted by molar-refractivity contribution is -0.145. The van der Waals surface area contributed by atoms with Crippen LogP contribution < -0.4 is 5.32 Å². The van der Waals surface area contributed by atoms with Crippen molar-refractivity contribution >= 4 is 17.7 Å². The van der Waals surface area contributed by atoms with Gasteiger partial charge in [0, 0.05) is 6.04 Å². The Balaban J connectivity index is 2.01. The van der Waals surface area contributed by atoms with Crippen LogP contribution >= 0.6 is 11.8 Å². The van der Waals surface area contributed by atoms with Crippen molar-refractivity contribution in [2.24, 2.45) is 5.92 Å². The molecule has 2 fully saturated rings. The highest BCUT2D eigenvalue weighted by Crippen LogP contribution is 2.35. The van der Waals surface area contributed by atoms with Gasteiger partial charge in [-0.1, -0.05) is 6.92 Å². The van der Waals surface area contributed by atoms with Crippen LogP contribution in [0.15, 0.2) is 0 Å². The van der Waals surface area contributed by atoms with Crippen LogP contribution in [-0.2, 0) is 4.79 Å². The Morgan fingerprint density at radius 1 is 1.50 bits per heavy atom. The minimum Gasteiger partial charge on any atom is -0.480 e. The van der Waals surface area contributed by atoms with Crippen molar-refractivity contribution in [1.29, 1.82) is 0 Å². The van der Waals surface area contributed by atoms with Gasteiger partial charge >= 0.3 is 5.97 Å². The lowest BCUT2D eigenvalue weighted by atomic mass is 9.92. The first kappa shape index (κ1) is 10.3. The number of thioether (sulfide) groups is 1. The summed E-state index contributed by atoms with van der Waals surface area (Å²) in [4.78, 5) is 11.3. The molecule has 1 saturated heterocycles. The Morgan fingerprint density at radius 3 is 2.50 bits per heavy atom. The molecule has 2 atom stereocenters. The van der Waals surface area contributed by atoms with Crippen LogP contribution in [-0.4, -0.2) is 34.2 Å². The van der Waals surface area contributed by atoms with Gasteiger partial charge in [-0.25, -0.2) is 0 Å². The summed E-state index contributed by atoms with van der Waals surface area (Å²) in [7, 11) is 0. The second-order valence-corrected chi connectivity index (χ2v) is 5.69. The Bertz CT molecular complexity index is 238. The molecule has 1 aliphatic heterocycles. The summed E-state index contributed by atoms with van der Waals surface area (Å²) in [5.74, 6) is 1.96. The van der Waals surface area contributed by atoms with E-state index in [9.17, 15) is 9.90 Å². The second kappa shape index (κ2) is 3.74. The molecule has 0 aromatic rings. The molecular formula is C10H17NO2S. The van der Waals surface area contributed by atoms with Crippen molar-refractivity contribution in [3.05, 3.63) is 0 Å². The lowest BCUT2D eigenvalue weighted by Crippen LogP contribution is -2.55. The van der Waals surface area contributed by atoms with Gasteiger partial charge in [0.25, 0.3) is 0 Å². The average Bonchev–Trinajstić information content (AvgIpc) is 2.83. The third-order valence-electron chi connectivity index (χ3n) is 3.33. The molecule has 14 heavy (non-hydrogen) atoms. The van der Waals surface area contributed by atoms with Crippen molar-refractivity contribution in [3.63, 3.8) is 0 Å². The fraction of sp³-hybridized carbons (Fsp3) is 0.900. The number of hydrogen-bond acceptors (Lipinski definition) is 3. The van der Waals surface area contributed by atoms with E-state index in [1.54, 1.807) is 0 Å². The topological polar surface area (TPSA) is 49.3 Å². The molecule has 1 saturated carbocycles. The van der Waals surface area contributed by atoms with Gasteiger partial charge in [-0.3, -0.25) is 10.1 Å². The fourth-order valence-electron chi connectivity index (χ4n) is 2.02. The highest BCUT2D eigenvalue weighted by molar-refractivity contribution is 7.99. The van der Waals surface area contributed by atoms with Gasteiger partial charge < -0.3 is 5.11 Å². The third kappa shape index (κ3) is 1.91. The standard InChI is InChI=1S/C10H17NO2S/c1-7-6-8(7)11-10(9(12)13)2-4-14-5-3-10/h7-8,11H,2-6H2,1H3,(H,12,13). The number of carboxylic acid groups (broad SMARTS) is 1. The summed E-state index contributed by atoms with van der Waals surface area (Å²) in [6, 6.07) is 0.453. The first-order chi connectivity index (χ1) is 6.64. The van der Waals surface area contributed by atoms with Gasteiger partial charge in [0.15, 0.2) is 0 Å². The number of aliphatic carboxylic acids is 1. The number of carboxylic acids is 1. The molecule has 0 aromatic heterocycles. The smallest absolute Gasteiger partial charge is 0.323 e. The third-order valence-corrected chi connectivity index (χ3v) is 4.31. The Kier molecular flexibility index (Phi) is 2.75. The van der Waals surface area contributed by atoms with E-state index in [1.165, 1.54) is 0 Å². The molecule has 0 amide bonds. The molecule has 1 aliphatic carbocycles. The number of carbonyl (C=O) groups is 1. The maximum absolute atomic E-state index is 11.3. The van der Waals surface area contributed by atoms with Gasteiger partial charge in [0.05, 0.1) is 0 Å². The molecule has 0 aromatic carbocycles. The van der Waals surface area contributed by atoms with E-state index >= 15 is 0 Å². The number of nitrogens with one attached hydrogen (secondary N) is 1. The van der Waals surface area contributed by atoms with Crippen LogP contribution in [0, 0.1) is 5.92 Å². The Labute approximate surface area is 88.6 Å². The summed E-state index contributed by atoms with van der Waals surface area (Å²) in [5.41, 5.74) is -0.610. The summed E-state index contributed by atoms with van der Waals surface area (Å²) < 4.78 is 0. The van der Waals surface area contributed by atoms with E-state index in [1.807, 2.05) is 11.8 Å². The van der Waals surface area contributed by atoms with Gasteiger partial charge in [-0.05, 0) is 36.7 Å². The van der Waals surface area contributed by atoms with Gasteiger partial charge in [0.1, 0.15) is 5.54 Å². The minimum atomic E-state index is -0.656. The van der Waals surface area contributed by atoms with Crippen molar-refractivity contribution in [3.8, 4) is 0 Å². The van der Waals surface area contributed by atoms with Crippen molar-refractivity contribution in [1.82, 2.24) is 5.32 Å². The van der Waals surface area contributed by atoms with Crippen LogP contribution in [0.25, 0.3) is 0 Å². The lowest BCUT2D eigenvalue weighted by Gasteiger charge is -2.34. The second-order valence-electron chi connectivity index (χ2n) is 4.46. The van der Waals surface area contributed by atoms with Crippen LogP contribution in [0.4, 0.5) is 0 Å². The van der Waals surface area contributed by atoms with E-state index in [2.05, 4.69) is 12.2 Å². The SMILES string of the molecule is CC1CC1NC1(C(=O)O)CCSCC1. The Morgan fingerprint density at radius 2 is 2.07 bits per heavy atom. The van der Waals surface area contributed by atoms with E-state index in [0.717, 1.165) is 30.8 Å². The normalized spacial score (nSPS) is 35.2. The fourth-order valence-corrected chi connectivity index (χ4v) is 3.21. The Hall–Kier alpha value is -0.220. The van der Waals surface area contributed by atoms with E-state index < -0.39 is 11.5 Å². The molecule has 0 bridgehead atoms. The predicted molar refractivity (Wildman–Crippen MR) is 57.6 cm³/mol. The molecule has 80 valence electrons. The highest BCUT2D eigenvalue weighted by atomic mass is 32.2. The molecule has 1 heterocycles. The van der Waals surface area contributed by atoms with E-state index in [4.69, 9.17) is 0 Å². The zero-order valence-electron chi connectivity index (χ0n) is 8.45. The summed E-state index contributed by atoms with van der Waals surface area (Å²) >= 11 is 1.86. The van der Waals surface area contributed by atoms with Crippen LogP contribution in [0.5, 0.6) is 0 Å². The molecule has 4 heteroatoms. The predicted octanol–water partition coefficient (Wildman–Crippen LogP) is 1.33. The first-order valence-corrected chi connectivity index (χ1v) is 6.38. The molecule has 0 radical (unpaired) electrons. The average molecular weight is 215 g/mol. The van der Waals surface area contributed by atoms with Crippen LogP contribution in [0.1, 0.15) is 26.2 Å². The number of hydrogen-bond donors (Lipinski definition) is 2. The van der Waals surface area contributed by atoms with Crippen molar-refractivity contribution in [2.45, 2.75) is 37.8 Å². The molecule has 0 spiro atoms. The molecular weight excluding hydrogens is 198 g/mol. The van der Waals surface area contributed by atoms with Gasteiger partial charge in [0.2, 0.25) is 0 Å². The van der Waals surface area contributed by atoms with Crippen molar-refractivity contribution < 1.29 is 9.90 Å². The molecule has 2 rings (SSSR count). The van der Waals surface area contributed by atoms with Gasteiger partial charge in [-0.2, -0.15) is 11.8 Å². The highest BCUT2D eigenvalue weighted by Gasteiger charge is 2.46. The van der Waals surface area contributed by atoms with Crippen LogP contribution in [0.3, 0.4) is 0 Å². The number of rotatable bonds is 3. The minimum absolute atomic E-state index is 0.453. The maximum Gasteiger partial charge on any atom is 0.323 e. The summed E-state index contributed by atoms with van der Waals surface area (Å²) in [6.45, 7) is 2.17. The van der Waals surface area contributed by atoms with Crippen LogP contribution in [0.2, 0.25) is 0 Å². The molecule has 2 N–H and O–H groups in total. The largest absolute Gasteiger partial charge is 0.480 e. The zero-order chi connectivity index (χ0) is 10.2. The van der Waals surface area contributed by atoms with E-state index in [0.29, 0.717) is 12.0 Å². The van der Waals surface area contributed by atoms with Crippen molar-refractivity contribution in [2.75, 3.05) is 11.5 Å². The molecule has 2 unspecified atom stereocenters.